The third-order valence-corrected chi connectivity index (χ3v) is 2.50. The van der Waals surface area contributed by atoms with Crippen LogP contribution >= 0.6 is 0 Å². The van der Waals surface area contributed by atoms with Crippen LogP contribution in [0.15, 0.2) is 54.7 Å². The van der Waals surface area contributed by atoms with E-state index in [1.807, 2.05) is 43.3 Å². The van der Waals surface area contributed by atoms with Crippen LogP contribution in [0.4, 0.5) is 0 Å². The summed E-state index contributed by atoms with van der Waals surface area (Å²) in [6, 6.07) is 13.3. The van der Waals surface area contributed by atoms with Crippen LogP contribution in [0.3, 0.4) is 0 Å². The molecule has 0 bridgehead atoms. The first-order valence-corrected chi connectivity index (χ1v) is 5.46. The summed E-state index contributed by atoms with van der Waals surface area (Å²) in [6.45, 7) is 1.84. The maximum atomic E-state index is 11.9. The number of hydrogen-bond donors (Lipinski definition) is 0. The Balaban J connectivity index is 2.18. The molecule has 0 aliphatic rings. The zero-order valence-corrected chi connectivity index (χ0v) is 9.63. The maximum absolute atomic E-state index is 11.9. The van der Waals surface area contributed by atoms with Crippen molar-refractivity contribution in [1.82, 2.24) is 4.98 Å². The molecule has 0 radical (unpaired) electrons. The summed E-state index contributed by atoms with van der Waals surface area (Å²) in [5.41, 5.74) is 2.43. The monoisotopic (exact) mass is 223 g/mol. The van der Waals surface area contributed by atoms with Crippen molar-refractivity contribution in [2.45, 2.75) is 6.92 Å². The molecule has 0 N–H and O–H groups in total. The number of nitrogens with zero attached hydrogens (tertiary/aromatic N) is 1. The van der Waals surface area contributed by atoms with Gasteiger partial charge in [-0.1, -0.05) is 36.4 Å². The molecule has 2 heteroatoms. The van der Waals surface area contributed by atoms with Gasteiger partial charge in [-0.25, -0.2) is 0 Å². The van der Waals surface area contributed by atoms with E-state index in [1.165, 1.54) is 0 Å². The van der Waals surface area contributed by atoms with Gasteiger partial charge in [0.05, 0.1) is 0 Å². The molecule has 2 aromatic rings. The highest BCUT2D eigenvalue weighted by molar-refractivity contribution is 6.07. The Labute approximate surface area is 101 Å². The van der Waals surface area contributed by atoms with E-state index in [2.05, 4.69) is 4.98 Å². The van der Waals surface area contributed by atoms with Crippen molar-refractivity contribution in [2.24, 2.45) is 0 Å². The van der Waals surface area contributed by atoms with Crippen molar-refractivity contribution in [3.8, 4) is 0 Å². The third-order valence-electron chi connectivity index (χ3n) is 2.50. The summed E-state index contributed by atoms with van der Waals surface area (Å²) in [5, 5.41) is 0. The van der Waals surface area contributed by atoms with Gasteiger partial charge in [0, 0.05) is 17.5 Å². The standard InChI is InChI=1S/C15H13NO/c1-12-14(8-5-11-16-12)15(17)10-9-13-6-3-2-4-7-13/h2-11H,1H3/b10-9+. The lowest BCUT2D eigenvalue weighted by atomic mass is 10.1. The number of aryl methyl sites for hydroxylation is 1. The van der Waals surface area contributed by atoms with Gasteiger partial charge in [-0.15, -0.1) is 0 Å². The number of rotatable bonds is 3. The van der Waals surface area contributed by atoms with E-state index in [-0.39, 0.29) is 5.78 Å². The summed E-state index contributed by atoms with van der Waals surface area (Å²) in [7, 11) is 0. The largest absolute Gasteiger partial charge is 0.289 e. The first-order chi connectivity index (χ1) is 8.27. The van der Waals surface area contributed by atoms with Crippen molar-refractivity contribution in [3.05, 3.63) is 71.6 Å². The molecule has 1 aromatic heterocycles. The fraction of sp³-hybridized carbons (Fsp3) is 0.0667. The highest BCUT2D eigenvalue weighted by Gasteiger charge is 2.04. The Morgan fingerprint density at radius 3 is 2.59 bits per heavy atom. The van der Waals surface area contributed by atoms with Gasteiger partial charge in [0.2, 0.25) is 0 Å². The van der Waals surface area contributed by atoms with Gasteiger partial charge in [0.15, 0.2) is 5.78 Å². The van der Waals surface area contributed by atoms with Crippen molar-refractivity contribution in [1.29, 1.82) is 0 Å². The summed E-state index contributed by atoms with van der Waals surface area (Å²) >= 11 is 0. The Bertz CT molecular complexity index is 544. The molecule has 17 heavy (non-hydrogen) atoms. The molecule has 0 spiro atoms. The molecule has 0 unspecified atom stereocenters. The molecule has 0 saturated heterocycles. The predicted octanol–water partition coefficient (Wildman–Crippen LogP) is 3.29. The molecule has 1 aromatic carbocycles. The number of benzene rings is 1. The second kappa shape index (κ2) is 5.21. The molecule has 84 valence electrons. The topological polar surface area (TPSA) is 30.0 Å². The summed E-state index contributed by atoms with van der Waals surface area (Å²) in [4.78, 5) is 16.0. The van der Waals surface area contributed by atoms with E-state index >= 15 is 0 Å². The van der Waals surface area contributed by atoms with Crippen molar-refractivity contribution < 1.29 is 4.79 Å². The summed E-state index contributed by atoms with van der Waals surface area (Å²) in [6.07, 6.45) is 5.08. The van der Waals surface area contributed by atoms with Crippen LogP contribution in [0.1, 0.15) is 21.6 Å². The number of ketones is 1. The predicted molar refractivity (Wildman–Crippen MR) is 68.8 cm³/mol. The third kappa shape index (κ3) is 2.88. The van der Waals surface area contributed by atoms with Crippen molar-refractivity contribution in [2.75, 3.05) is 0 Å². The minimum Gasteiger partial charge on any atom is -0.289 e. The molecule has 2 rings (SSSR count). The normalized spacial score (nSPS) is 10.6. The quantitative estimate of drug-likeness (QED) is 0.590. The van der Waals surface area contributed by atoms with E-state index in [4.69, 9.17) is 0 Å². The Morgan fingerprint density at radius 2 is 1.88 bits per heavy atom. The average Bonchev–Trinajstić information content (AvgIpc) is 2.38. The Morgan fingerprint density at radius 1 is 1.12 bits per heavy atom. The smallest absolute Gasteiger partial charge is 0.187 e. The number of hydrogen-bond acceptors (Lipinski definition) is 2. The summed E-state index contributed by atoms with van der Waals surface area (Å²) in [5.74, 6) is -0.0144. The number of carbonyl (C=O) groups is 1. The lowest BCUT2D eigenvalue weighted by Crippen LogP contribution is -1.99. The number of allylic oxidation sites excluding steroid dienone is 1. The van der Waals surface area contributed by atoms with Crippen LogP contribution < -0.4 is 0 Å². The van der Waals surface area contributed by atoms with Crippen LogP contribution in [-0.4, -0.2) is 10.8 Å². The number of pyridine rings is 1. The fourth-order valence-corrected chi connectivity index (χ4v) is 1.57. The van der Waals surface area contributed by atoms with E-state index in [9.17, 15) is 4.79 Å². The van der Waals surface area contributed by atoms with E-state index in [1.54, 1.807) is 24.4 Å². The first kappa shape index (κ1) is 11.3. The van der Waals surface area contributed by atoms with E-state index in [0.29, 0.717) is 5.56 Å². The number of aromatic nitrogens is 1. The molecular formula is C15H13NO. The van der Waals surface area contributed by atoms with Gasteiger partial charge in [-0.05, 0) is 30.7 Å². The molecule has 0 fully saturated rings. The molecule has 0 aliphatic carbocycles. The second-order valence-corrected chi connectivity index (χ2v) is 3.74. The van der Waals surface area contributed by atoms with Crippen LogP contribution in [0.25, 0.3) is 6.08 Å². The highest BCUT2D eigenvalue weighted by Crippen LogP contribution is 2.07. The van der Waals surface area contributed by atoms with E-state index in [0.717, 1.165) is 11.3 Å². The van der Waals surface area contributed by atoms with Crippen molar-refractivity contribution >= 4 is 11.9 Å². The molecular weight excluding hydrogens is 210 g/mol. The van der Waals surface area contributed by atoms with Gasteiger partial charge in [0.25, 0.3) is 0 Å². The first-order valence-electron chi connectivity index (χ1n) is 5.46. The van der Waals surface area contributed by atoms with Gasteiger partial charge in [-0.3, -0.25) is 9.78 Å². The molecule has 1 heterocycles. The lowest BCUT2D eigenvalue weighted by Gasteiger charge is -1.99. The van der Waals surface area contributed by atoms with Crippen LogP contribution in [0, 0.1) is 6.92 Å². The van der Waals surface area contributed by atoms with Gasteiger partial charge in [-0.2, -0.15) is 0 Å². The maximum Gasteiger partial charge on any atom is 0.187 e. The van der Waals surface area contributed by atoms with Gasteiger partial charge in [0.1, 0.15) is 0 Å². The van der Waals surface area contributed by atoms with Crippen LogP contribution in [0.5, 0.6) is 0 Å². The SMILES string of the molecule is Cc1ncccc1C(=O)/C=C/c1ccccc1. The molecule has 0 saturated carbocycles. The fourth-order valence-electron chi connectivity index (χ4n) is 1.57. The molecule has 0 aliphatic heterocycles. The van der Waals surface area contributed by atoms with Crippen molar-refractivity contribution in [3.63, 3.8) is 0 Å². The Kier molecular flexibility index (Phi) is 3.46. The molecule has 2 nitrogen and oxygen atoms in total. The minimum atomic E-state index is -0.0144. The van der Waals surface area contributed by atoms with Gasteiger partial charge >= 0.3 is 0 Å². The van der Waals surface area contributed by atoms with E-state index < -0.39 is 0 Å². The molecule has 0 atom stereocenters. The average molecular weight is 223 g/mol. The lowest BCUT2D eigenvalue weighted by molar-refractivity contribution is 0.104. The van der Waals surface area contributed by atoms with Crippen LogP contribution in [0.2, 0.25) is 0 Å². The Hall–Kier alpha value is -2.22. The summed E-state index contributed by atoms with van der Waals surface area (Å²) < 4.78 is 0. The highest BCUT2D eigenvalue weighted by atomic mass is 16.1. The molecule has 0 amide bonds. The second-order valence-electron chi connectivity index (χ2n) is 3.74. The zero-order valence-electron chi connectivity index (χ0n) is 9.63. The zero-order chi connectivity index (χ0) is 12.1. The number of carbonyl (C=O) groups excluding carboxylic acids is 1. The van der Waals surface area contributed by atoms with Gasteiger partial charge < -0.3 is 0 Å². The van der Waals surface area contributed by atoms with Crippen LogP contribution in [-0.2, 0) is 0 Å². The minimum absolute atomic E-state index is 0.0144.